The molecule has 1 atom stereocenters. The molecule has 0 amide bonds. The van der Waals surface area contributed by atoms with Gasteiger partial charge in [-0.25, -0.2) is 0 Å². The molecule has 5 heteroatoms. The molecule has 2 aromatic carbocycles. The van der Waals surface area contributed by atoms with Crippen LogP contribution in [0.4, 0.5) is 13.2 Å². The number of hydrogen-bond donors (Lipinski definition) is 1. The van der Waals surface area contributed by atoms with E-state index in [0.29, 0.717) is 10.6 Å². The molecule has 0 aliphatic carbocycles. The van der Waals surface area contributed by atoms with Crippen molar-refractivity contribution < 1.29 is 13.2 Å². The van der Waals surface area contributed by atoms with Crippen LogP contribution in [-0.4, -0.2) is 0 Å². The van der Waals surface area contributed by atoms with Gasteiger partial charge >= 0.3 is 6.18 Å². The summed E-state index contributed by atoms with van der Waals surface area (Å²) in [7, 11) is 0. The molecule has 20 heavy (non-hydrogen) atoms. The van der Waals surface area contributed by atoms with E-state index < -0.39 is 11.7 Å². The summed E-state index contributed by atoms with van der Waals surface area (Å²) in [4.78, 5) is 0. The summed E-state index contributed by atoms with van der Waals surface area (Å²) in [5.41, 5.74) is 7.34. The number of alkyl halides is 3. The molecule has 0 aromatic heterocycles. The SMILES string of the molecule is CC(N)c1ccc(-c2ccc(C(F)(F)F)cc2)cc1Cl. The quantitative estimate of drug-likeness (QED) is 0.825. The number of nitrogens with two attached hydrogens (primary N) is 1. The van der Waals surface area contributed by atoms with E-state index in [-0.39, 0.29) is 6.04 Å². The van der Waals surface area contributed by atoms with Gasteiger partial charge in [-0.1, -0.05) is 35.9 Å². The second-order valence-electron chi connectivity index (χ2n) is 4.60. The molecule has 0 spiro atoms. The minimum absolute atomic E-state index is 0.191. The van der Waals surface area contributed by atoms with Gasteiger partial charge in [0.15, 0.2) is 0 Å². The first-order valence-corrected chi connectivity index (χ1v) is 6.39. The predicted molar refractivity (Wildman–Crippen MR) is 74.5 cm³/mol. The van der Waals surface area contributed by atoms with Crippen LogP contribution in [0.1, 0.15) is 24.1 Å². The van der Waals surface area contributed by atoms with Crippen LogP contribution >= 0.6 is 11.6 Å². The third-order valence-electron chi connectivity index (χ3n) is 3.04. The molecule has 2 N–H and O–H groups in total. The number of benzene rings is 2. The maximum Gasteiger partial charge on any atom is 0.416 e. The molecule has 2 aromatic rings. The topological polar surface area (TPSA) is 26.0 Å². The molecule has 0 fully saturated rings. The van der Waals surface area contributed by atoms with Gasteiger partial charge in [0.1, 0.15) is 0 Å². The standard InChI is InChI=1S/C15H13ClF3N/c1-9(20)13-7-4-11(8-14(13)16)10-2-5-12(6-3-10)15(17,18)19/h2-9H,20H2,1H3. The van der Waals surface area contributed by atoms with Gasteiger partial charge < -0.3 is 5.73 Å². The first-order chi connectivity index (χ1) is 9.29. The highest BCUT2D eigenvalue weighted by molar-refractivity contribution is 6.31. The van der Waals surface area contributed by atoms with E-state index in [1.807, 2.05) is 6.92 Å². The van der Waals surface area contributed by atoms with Gasteiger partial charge in [0.25, 0.3) is 0 Å². The van der Waals surface area contributed by atoms with Gasteiger partial charge in [0, 0.05) is 11.1 Å². The number of halogens is 4. The summed E-state index contributed by atoms with van der Waals surface area (Å²) in [6.07, 6.45) is -4.32. The lowest BCUT2D eigenvalue weighted by molar-refractivity contribution is -0.137. The third-order valence-corrected chi connectivity index (χ3v) is 3.36. The van der Waals surface area contributed by atoms with Crippen LogP contribution in [0.15, 0.2) is 42.5 Å². The third kappa shape index (κ3) is 3.14. The molecule has 0 saturated heterocycles. The molecule has 0 aliphatic heterocycles. The van der Waals surface area contributed by atoms with Gasteiger partial charge in [-0.2, -0.15) is 13.2 Å². The van der Waals surface area contributed by atoms with Crippen LogP contribution in [0.5, 0.6) is 0 Å². The average molecular weight is 300 g/mol. The summed E-state index contributed by atoms with van der Waals surface area (Å²) in [5.74, 6) is 0. The average Bonchev–Trinajstić information content (AvgIpc) is 2.37. The molecule has 0 heterocycles. The highest BCUT2D eigenvalue weighted by Gasteiger charge is 2.29. The summed E-state index contributed by atoms with van der Waals surface area (Å²) < 4.78 is 37.5. The Morgan fingerprint density at radius 3 is 2.00 bits per heavy atom. The Hall–Kier alpha value is -1.52. The second-order valence-corrected chi connectivity index (χ2v) is 5.01. The molecule has 2 rings (SSSR count). The van der Waals surface area contributed by atoms with E-state index in [2.05, 4.69) is 0 Å². The predicted octanol–water partition coefficient (Wildman–Crippen LogP) is 5.05. The molecule has 0 radical (unpaired) electrons. The lowest BCUT2D eigenvalue weighted by atomic mass is 10.0. The molecule has 0 saturated carbocycles. The Balaban J connectivity index is 2.35. The summed E-state index contributed by atoms with van der Waals surface area (Å²) in [6.45, 7) is 1.82. The molecule has 106 valence electrons. The van der Waals surface area contributed by atoms with Gasteiger partial charge in [-0.05, 0) is 41.8 Å². The maximum atomic E-state index is 12.5. The monoisotopic (exact) mass is 299 g/mol. The first-order valence-electron chi connectivity index (χ1n) is 6.01. The van der Waals surface area contributed by atoms with Gasteiger partial charge in [0.05, 0.1) is 5.56 Å². The fourth-order valence-corrected chi connectivity index (χ4v) is 2.28. The van der Waals surface area contributed by atoms with Crippen molar-refractivity contribution in [2.24, 2.45) is 5.73 Å². The molecule has 1 unspecified atom stereocenters. The Bertz CT molecular complexity index is 604. The molecule has 0 bridgehead atoms. The zero-order chi connectivity index (χ0) is 14.9. The van der Waals surface area contributed by atoms with Gasteiger partial charge in [-0.15, -0.1) is 0 Å². The Kier molecular flexibility index (Phi) is 4.06. The van der Waals surface area contributed by atoms with Gasteiger partial charge in [0.2, 0.25) is 0 Å². The minimum Gasteiger partial charge on any atom is -0.324 e. The fraction of sp³-hybridized carbons (Fsp3) is 0.200. The van der Waals surface area contributed by atoms with Crippen LogP contribution in [0.3, 0.4) is 0 Å². The van der Waals surface area contributed by atoms with Crippen molar-refractivity contribution in [2.45, 2.75) is 19.1 Å². The van der Waals surface area contributed by atoms with E-state index in [0.717, 1.165) is 23.3 Å². The van der Waals surface area contributed by atoms with E-state index in [1.54, 1.807) is 18.2 Å². The molecule has 1 nitrogen and oxygen atoms in total. The van der Waals surface area contributed by atoms with Crippen molar-refractivity contribution in [1.82, 2.24) is 0 Å². The van der Waals surface area contributed by atoms with Crippen molar-refractivity contribution in [3.05, 3.63) is 58.6 Å². The van der Waals surface area contributed by atoms with Crippen LogP contribution < -0.4 is 5.73 Å². The van der Waals surface area contributed by atoms with Crippen LogP contribution in [0.25, 0.3) is 11.1 Å². The van der Waals surface area contributed by atoms with Crippen molar-refractivity contribution in [3.63, 3.8) is 0 Å². The van der Waals surface area contributed by atoms with Crippen molar-refractivity contribution >= 4 is 11.6 Å². The Morgan fingerprint density at radius 2 is 1.55 bits per heavy atom. The van der Waals surface area contributed by atoms with E-state index >= 15 is 0 Å². The van der Waals surface area contributed by atoms with E-state index in [4.69, 9.17) is 17.3 Å². The molecule has 0 aliphatic rings. The molecular formula is C15H13ClF3N. The zero-order valence-electron chi connectivity index (χ0n) is 10.7. The van der Waals surface area contributed by atoms with Crippen molar-refractivity contribution in [1.29, 1.82) is 0 Å². The van der Waals surface area contributed by atoms with Crippen molar-refractivity contribution in [3.8, 4) is 11.1 Å². The van der Waals surface area contributed by atoms with Crippen molar-refractivity contribution in [2.75, 3.05) is 0 Å². The fourth-order valence-electron chi connectivity index (χ4n) is 1.93. The first kappa shape index (κ1) is 14.9. The maximum absolute atomic E-state index is 12.5. The lowest BCUT2D eigenvalue weighted by Gasteiger charge is -2.11. The smallest absolute Gasteiger partial charge is 0.324 e. The van der Waals surface area contributed by atoms with Gasteiger partial charge in [-0.3, -0.25) is 0 Å². The summed E-state index contributed by atoms with van der Waals surface area (Å²) in [6, 6.07) is 10.1. The summed E-state index contributed by atoms with van der Waals surface area (Å²) in [5, 5.41) is 0.511. The summed E-state index contributed by atoms with van der Waals surface area (Å²) >= 11 is 6.12. The zero-order valence-corrected chi connectivity index (χ0v) is 11.5. The number of hydrogen-bond acceptors (Lipinski definition) is 1. The molecular weight excluding hydrogens is 287 g/mol. The van der Waals surface area contributed by atoms with Crippen LogP contribution in [0.2, 0.25) is 5.02 Å². The highest BCUT2D eigenvalue weighted by Crippen LogP contribution is 2.32. The van der Waals surface area contributed by atoms with Crippen LogP contribution in [-0.2, 0) is 6.18 Å². The number of rotatable bonds is 2. The highest BCUT2D eigenvalue weighted by atomic mass is 35.5. The minimum atomic E-state index is -4.32. The van der Waals surface area contributed by atoms with E-state index in [9.17, 15) is 13.2 Å². The largest absolute Gasteiger partial charge is 0.416 e. The normalized spacial score (nSPS) is 13.3. The van der Waals surface area contributed by atoms with Crippen LogP contribution in [0, 0.1) is 0 Å². The second kappa shape index (κ2) is 5.46. The lowest BCUT2D eigenvalue weighted by Crippen LogP contribution is -2.05. The van der Waals surface area contributed by atoms with E-state index in [1.165, 1.54) is 12.1 Å². The Morgan fingerprint density at radius 1 is 1.00 bits per heavy atom. The Labute approximate surface area is 120 Å².